The first-order valence-electron chi connectivity index (χ1n) is 5.36. The predicted octanol–water partition coefficient (Wildman–Crippen LogP) is 4.17. The zero-order valence-corrected chi connectivity index (χ0v) is 8.62. The van der Waals surface area contributed by atoms with Crippen molar-refractivity contribution in [1.29, 1.82) is 0 Å². The van der Waals surface area contributed by atoms with Crippen molar-refractivity contribution in [2.24, 2.45) is 0 Å². The van der Waals surface area contributed by atoms with E-state index in [1.165, 1.54) is 36.6 Å². The van der Waals surface area contributed by atoms with Gasteiger partial charge in [-0.3, -0.25) is 0 Å². The lowest BCUT2D eigenvalue weighted by Gasteiger charge is -1.99. The zero-order chi connectivity index (χ0) is 9.80. The summed E-state index contributed by atoms with van der Waals surface area (Å²) >= 11 is 0. The van der Waals surface area contributed by atoms with Crippen molar-refractivity contribution >= 4 is 11.0 Å². The number of aryl methyl sites for hydroxylation is 1. The van der Waals surface area contributed by atoms with E-state index in [-0.39, 0.29) is 0 Å². The molecule has 2 aromatic rings. The highest BCUT2D eigenvalue weighted by Gasteiger charge is 1.98. The van der Waals surface area contributed by atoms with Crippen LogP contribution in [0.15, 0.2) is 34.9 Å². The van der Waals surface area contributed by atoms with Gasteiger partial charge in [-0.15, -0.1) is 0 Å². The summed E-state index contributed by atoms with van der Waals surface area (Å²) in [6.07, 6.45) is 6.84. The Bertz CT molecular complexity index is 400. The van der Waals surface area contributed by atoms with Gasteiger partial charge in [-0.2, -0.15) is 0 Å². The molecule has 74 valence electrons. The van der Waals surface area contributed by atoms with Crippen molar-refractivity contribution in [2.75, 3.05) is 0 Å². The molecule has 0 fully saturated rings. The van der Waals surface area contributed by atoms with Crippen LogP contribution in [0.5, 0.6) is 0 Å². The summed E-state index contributed by atoms with van der Waals surface area (Å²) in [5, 5.41) is 1.22. The maximum atomic E-state index is 5.30. The standard InChI is InChI=1S/C13H16O/c1-2-3-4-5-11-6-7-13-12(10-11)8-9-14-13/h6-10H,2-5H2,1H3. The van der Waals surface area contributed by atoms with Gasteiger partial charge in [0.2, 0.25) is 0 Å². The lowest BCUT2D eigenvalue weighted by Crippen LogP contribution is -1.84. The molecule has 0 saturated heterocycles. The summed E-state index contributed by atoms with van der Waals surface area (Å²) < 4.78 is 5.30. The molecule has 0 bridgehead atoms. The Hall–Kier alpha value is -1.24. The second-order valence-electron chi connectivity index (χ2n) is 3.75. The SMILES string of the molecule is CCCCCc1ccc2occc2c1. The maximum absolute atomic E-state index is 5.30. The van der Waals surface area contributed by atoms with E-state index in [1.54, 1.807) is 6.26 Å². The normalized spacial score (nSPS) is 10.9. The zero-order valence-electron chi connectivity index (χ0n) is 8.62. The monoisotopic (exact) mass is 188 g/mol. The molecule has 0 aliphatic heterocycles. The first-order valence-corrected chi connectivity index (χ1v) is 5.36. The van der Waals surface area contributed by atoms with Crippen molar-refractivity contribution < 1.29 is 4.42 Å². The third-order valence-electron chi connectivity index (χ3n) is 2.59. The fourth-order valence-electron chi connectivity index (χ4n) is 1.75. The van der Waals surface area contributed by atoms with Gasteiger partial charge in [-0.25, -0.2) is 0 Å². The van der Waals surface area contributed by atoms with Gasteiger partial charge >= 0.3 is 0 Å². The third-order valence-corrected chi connectivity index (χ3v) is 2.59. The summed E-state index contributed by atoms with van der Waals surface area (Å²) in [7, 11) is 0. The molecule has 1 nitrogen and oxygen atoms in total. The topological polar surface area (TPSA) is 13.1 Å². The summed E-state index contributed by atoms with van der Waals surface area (Å²) in [6.45, 7) is 2.24. The fraction of sp³-hybridized carbons (Fsp3) is 0.385. The molecule has 0 radical (unpaired) electrons. The molecule has 0 saturated carbocycles. The van der Waals surface area contributed by atoms with E-state index < -0.39 is 0 Å². The maximum Gasteiger partial charge on any atom is 0.133 e. The van der Waals surface area contributed by atoms with Gasteiger partial charge in [-0.05, 0) is 36.6 Å². The van der Waals surface area contributed by atoms with Gasteiger partial charge in [0.15, 0.2) is 0 Å². The second kappa shape index (κ2) is 4.32. The van der Waals surface area contributed by atoms with Gasteiger partial charge < -0.3 is 4.42 Å². The molecule has 0 amide bonds. The van der Waals surface area contributed by atoms with E-state index in [1.807, 2.05) is 6.07 Å². The number of benzene rings is 1. The molecule has 0 unspecified atom stereocenters. The Morgan fingerprint density at radius 2 is 2.07 bits per heavy atom. The number of hydrogen-bond acceptors (Lipinski definition) is 1. The first-order chi connectivity index (χ1) is 6.90. The number of furan rings is 1. The average Bonchev–Trinajstić information content (AvgIpc) is 2.65. The van der Waals surface area contributed by atoms with Crippen molar-refractivity contribution in [3.8, 4) is 0 Å². The second-order valence-corrected chi connectivity index (χ2v) is 3.75. The van der Waals surface area contributed by atoms with Crippen molar-refractivity contribution in [3.05, 3.63) is 36.1 Å². The van der Waals surface area contributed by atoms with Crippen LogP contribution in [0.1, 0.15) is 31.7 Å². The van der Waals surface area contributed by atoms with Gasteiger partial charge in [0.1, 0.15) is 5.58 Å². The highest BCUT2D eigenvalue weighted by Crippen LogP contribution is 2.18. The van der Waals surface area contributed by atoms with Gasteiger partial charge in [0.25, 0.3) is 0 Å². The molecule has 0 N–H and O–H groups in total. The van der Waals surface area contributed by atoms with E-state index in [2.05, 4.69) is 25.1 Å². The summed E-state index contributed by atoms with van der Waals surface area (Å²) in [5.41, 5.74) is 2.41. The molecule has 14 heavy (non-hydrogen) atoms. The Morgan fingerprint density at radius 3 is 2.93 bits per heavy atom. The smallest absolute Gasteiger partial charge is 0.133 e. The number of unbranched alkanes of at least 4 members (excludes halogenated alkanes) is 2. The molecule has 1 heteroatoms. The van der Waals surface area contributed by atoms with Crippen molar-refractivity contribution in [2.45, 2.75) is 32.6 Å². The van der Waals surface area contributed by atoms with Crippen LogP contribution in [-0.2, 0) is 6.42 Å². The molecule has 0 aliphatic carbocycles. The molecule has 1 aromatic carbocycles. The minimum Gasteiger partial charge on any atom is -0.464 e. The molecule has 1 heterocycles. The van der Waals surface area contributed by atoms with Gasteiger partial charge in [-0.1, -0.05) is 25.8 Å². The first kappa shape index (κ1) is 9.32. The van der Waals surface area contributed by atoms with Crippen LogP contribution in [0.3, 0.4) is 0 Å². The van der Waals surface area contributed by atoms with Gasteiger partial charge in [0, 0.05) is 5.39 Å². The number of rotatable bonds is 4. The van der Waals surface area contributed by atoms with Crippen LogP contribution in [0.2, 0.25) is 0 Å². The Balaban J connectivity index is 2.10. The lowest BCUT2D eigenvalue weighted by molar-refractivity contribution is 0.615. The van der Waals surface area contributed by atoms with Crippen LogP contribution in [-0.4, -0.2) is 0 Å². The van der Waals surface area contributed by atoms with Crippen molar-refractivity contribution in [1.82, 2.24) is 0 Å². The molecule has 2 rings (SSSR count). The van der Waals surface area contributed by atoms with Gasteiger partial charge in [0.05, 0.1) is 6.26 Å². The summed E-state index contributed by atoms with van der Waals surface area (Å²) in [6, 6.07) is 8.49. The van der Waals surface area contributed by atoms with E-state index in [0.29, 0.717) is 0 Å². The Morgan fingerprint density at radius 1 is 1.14 bits per heavy atom. The van der Waals surface area contributed by atoms with E-state index in [0.717, 1.165) is 5.58 Å². The van der Waals surface area contributed by atoms with Crippen LogP contribution in [0.4, 0.5) is 0 Å². The highest BCUT2D eigenvalue weighted by atomic mass is 16.3. The van der Waals surface area contributed by atoms with Crippen LogP contribution >= 0.6 is 0 Å². The quantitative estimate of drug-likeness (QED) is 0.656. The molecule has 0 atom stereocenters. The minimum atomic E-state index is 0.990. The lowest BCUT2D eigenvalue weighted by atomic mass is 10.1. The number of hydrogen-bond donors (Lipinski definition) is 0. The van der Waals surface area contributed by atoms with Crippen LogP contribution in [0, 0.1) is 0 Å². The molecular formula is C13H16O. The summed E-state index contributed by atoms with van der Waals surface area (Å²) in [5.74, 6) is 0. The highest BCUT2D eigenvalue weighted by molar-refractivity contribution is 5.77. The average molecular weight is 188 g/mol. The summed E-state index contributed by atoms with van der Waals surface area (Å²) in [4.78, 5) is 0. The third kappa shape index (κ3) is 1.98. The van der Waals surface area contributed by atoms with E-state index >= 15 is 0 Å². The molecule has 0 aliphatic rings. The number of fused-ring (bicyclic) bond motifs is 1. The minimum absolute atomic E-state index is 0.990. The molecular weight excluding hydrogens is 172 g/mol. The van der Waals surface area contributed by atoms with Crippen LogP contribution < -0.4 is 0 Å². The Kier molecular flexibility index (Phi) is 2.87. The fourth-order valence-corrected chi connectivity index (χ4v) is 1.75. The van der Waals surface area contributed by atoms with E-state index in [9.17, 15) is 0 Å². The largest absolute Gasteiger partial charge is 0.464 e. The van der Waals surface area contributed by atoms with Crippen LogP contribution in [0.25, 0.3) is 11.0 Å². The molecule has 1 aromatic heterocycles. The predicted molar refractivity (Wildman–Crippen MR) is 59.4 cm³/mol. The van der Waals surface area contributed by atoms with E-state index in [4.69, 9.17) is 4.42 Å². The van der Waals surface area contributed by atoms with Crippen molar-refractivity contribution in [3.63, 3.8) is 0 Å². The molecule has 0 spiro atoms. The Labute approximate surface area is 84.7 Å².